The minimum Gasteiger partial charge on any atom is -0.497 e. The first-order chi connectivity index (χ1) is 6.85. The lowest BCUT2D eigenvalue weighted by atomic mass is 10.2. The lowest BCUT2D eigenvalue weighted by Gasteiger charge is -1.97. The van der Waals surface area contributed by atoms with Crippen LogP contribution in [0.2, 0.25) is 0 Å². The molecule has 5 heteroatoms. The summed E-state index contributed by atoms with van der Waals surface area (Å²) >= 11 is 1.29. The van der Waals surface area contributed by atoms with Crippen molar-refractivity contribution in [1.29, 1.82) is 0 Å². The highest BCUT2D eigenvalue weighted by Crippen LogP contribution is 2.31. The predicted octanol–water partition coefficient (Wildman–Crippen LogP) is 2.27. The van der Waals surface area contributed by atoms with E-state index in [2.05, 4.69) is 9.37 Å². The number of aromatic nitrogens is 1. The molecule has 70 valence electrons. The highest BCUT2D eigenvalue weighted by atomic mass is 32.1. The van der Waals surface area contributed by atoms with Gasteiger partial charge in [-0.2, -0.15) is 4.37 Å². The van der Waals surface area contributed by atoms with E-state index in [0.717, 1.165) is 15.8 Å². The van der Waals surface area contributed by atoms with E-state index < -0.39 is 0 Å². The van der Waals surface area contributed by atoms with Gasteiger partial charge in [-0.1, -0.05) is 0 Å². The number of hydrogen-bond donors (Lipinski definition) is 0. The highest BCUT2D eigenvalue weighted by Gasteiger charge is 2.05. The normalized spacial score (nSPS) is 9.79. The van der Waals surface area contributed by atoms with Crippen LogP contribution < -0.4 is 4.74 Å². The first-order valence-electron chi connectivity index (χ1n) is 3.86. The van der Waals surface area contributed by atoms with Crippen LogP contribution in [0.1, 0.15) is 0 Å². The van der Waals surface area contributed by atoms with Gasteiger partial charge in [0.05, 0.1) is 11.8 Å². The lowest BCUT2D eigenvalue weighted by Crippen LogP contribution is -1.80. The third-order valence-corrected chi connectivity index (χ3v) is 2.63. The second-order valence-corrected chi connectivity index (χ2v) is 3.38. The Labute approximate surface area is 84.0 Å². The maximum Gasteiger partial charge on any atom is 0.242 e. The summed E-state index contributed by atoms with van der Waals surface area (Å²) in [5, 5.41) is 0.817. The standard InChI is InChI=1S/C9H6N2O2S/c1-13-6-2-3-8-7(4-6)9(10-5-12)11-14-8/h2-4H,1H3. The zero-order valence-corrected chi connectivity index (χ0v) is 8.17. The summed E-state index contributed by atoms with van der Waals surface area (Å²) in [5.74, 6) is 1.12. The van der Waals surface area contributed by atoms with Crippen molar-refractivity contribution in [2.24, 2.45) is 4.99 Å². The van der Waals surface area contributed by atoms with E-state index in [1.54, 1.807) is 13.2 Å². The Morgan fingerprint density at radius 2 is 2.43 bits per heavy atom. The van der Waals surface area contributed by atoms with Crippen LogP contribution in [-0.2, 0) is 4.79 Å². The summed E-state index contributed by atoms with van der Waals surface area (Å²) in [7, 11) is 1.59. The molecule has 0 N–H and O–H groups in total. The van der Waals surface area contributed by atoms with Crippen molar-refractivity contribution >= 4 is 33.5 Å². The number of aliphatic imine (C=N–C) groups is 1. The number of rotatable bonds is 2. The maximum atomic E-state index is 10.1. The first kappa shape index (κ1) is 8.87. The van der Waals surface area contributed by atoms with Gasteiger partial charge < -0.3 is 4.74 Å². The molecule has 14 heavy (non-hydrogen) atoms. The molecule has 0 amide bonds. The van der Waals surface area contributed by atoms with Crippen molar-refractivity contribution in [2.75, 3.05) is 7.11 Å². The number of isocyanates is 1. The molecule has 0 fully saturated rings. The van der Waals surface area contributed by atoms with E-state index in [4.69, 9.17) is 4.74 Å². The minimum atomic E-state index is 0.402. The molecule has 1 aromatic heterocycles. The van der Waals surface area contributed by atoms with Crippen LogP contribution in [0, 0.1) is 0 Å². The molecule has 0 spiro atoms. The third kappa shape index (κ3) is 1.39. The second kappa shape index (κ2) is 3.57. The van der Waals surface area contributed by atoms with Crippen molar-refractivity contribution in [1.82, 2.24) is 4.37 Å². The highest BCUT2D eigenvalue weighted by molar-refractivity contribution is 7.13. The van der Waals surface area contributed by atoms with Gasteiger partial charge in [-0.25, -0.2) is 4.79 Å². The zero-order chi connectivity index (χ0) is 9.97. The molecule has 1 heterocycles. The Hall–Kier alpha value is -1.71. The zero-order valence-electron chi connectivity index (χ0n) is 7.35. The predicted molar refractivity (Wildman–Crippen MR) is 54.0 cm³/mol. The molecular weight excluding hydrogens is 200 g/mol. The Kier molecular flexibility index (Phi) is 2.26. The SMILES string of the molecule is COc1ccc2snc(N=C=O)c2c1. The van der Waals surface area contributed by atoms with Crippen LogP contribution in [-0.4, -0.2) is 17.6 Å². The van der Waals surface area contributed by atoms with E-state index >= 15 is 0 Å². The van der Waals surface area contributed by atoms with Crippen LogP contribution in [0.3, 0.4) is 0 Å². The molecule has 0 atom stereocenters. The molecule has 0 unspecified atom stereocenters. The van der Waals surface area contributed by atoms with E-state index in [1.165, 1.54) is 17.6 Å². The molecular formula is C9H6N2O2S. The summed E-state index contributed by atoms with van der Waals surface area (Å²) in [6, 6.07) is 5.53. The van der Waals surface area contributed by atoms with Gasteiger partial charge in [-0.15, -0.1) is 4.99 Å². The fourth-order valence-corrected chi connectivity index (χ4v) is 1.86. The van der Waals surface area contributed by atoms with E-state index in [-0.39, 0.29) is 0 Å². The fourth-order valence-electron chi connectivity index (χ4n) is 1.16. The second-order valence-electron chi connectivity index (χ2n) is 2.57. The molecule has 1 aromatic carbocycles. The summed E-state index contributed by atoms with van der Waals surface area (Å²) < 4.78 is 10.1. The van der Waals surface area contributed by atoms with Gasteiger partial charge in [0, 0.05) is 5.39 Å². The van der Waals surface area contributed by atoms with Crippen LogP contribution in [0.25, 0.3) is 10.1 Å². The van der Waals surface area contributed by atoms with E-state index in [9.17, 15) is 4.79 Å². The van der Waals surface area contributed by atoms with Crippen LogP contribution in [0.15, 0.2) is 23.2 Å². The molecule has 4 nitrogen and oxygen atoms in total. The Balaban J connectivity index is 2.69. The van der Waals surface area contributed by atoms with Crippen LogP contribution in [0.5, 0.6) is 5.75 Å². The first-order valence-corrected chi connectivity index (χ1v) is 4.64. The van der Waals surface area contributed by atoms with E-state index in [1.807, 2.05) is 12.1 Å². The quantitative estimate of drug-likeness (QED) is 0.559. The number of ether oxygens (including phenoxy) is 1. The maximum absolute atomic E-state index is 10.1. The molecule has 0 aliphatic heterocycles. The number of hydrogen-bond acceptors (Lipinski definition) is 5. The molecule has 2 rings (SSSR count). The topological polar surface area (TPSA) is 51.6 Å². The molecule has 0 saturated heterocycles. The van der Waals surface area contributed by atoms with Gasteiger partial charge in [0.1, 0.15) is 5.75 Å². The van der Waals surface area contributed by atoms with E-state index in [0.29, 0.717) is 5.82 Å². The average molecular weight is 206 g/mol. The Bertz CT molecular complexity index is 515. The molecule has 0 bridgehead atoms. The van der Waals surface area contributed by atoms with Crippen molar-refractivity contribution in [2.45, 2.75) is 0 Å². The van der Waals surface area contributed by atoms with Crippen molar-refractivity contribution in [3.63, 3.8) is 0 Å². The van der Waals surface area contributed by atoms with Gasteiger partial charge in [-0.3, -0.25) is 0 Å². The summed E-state index contributed by atoms with van der Waals surface area (Å²) in [6.45, 7) is 0. The van der Waals surface area contributed by atoms with Gasteiger partial charge >= 0.3 is 0 Å². The molecule has 0 aliphatic carbocycles. The van der Waals surface area contributed by atoms with Crippen molar-refractivity contribution in [3.05, 3.63) is 18.2 Å². The lowest BCUT2D eigenvalue weighted by molar-refractivity contribution is 0.415. The largest absolute Gasteiger partial charge is 0.497 e. The Morgan fingerprint density at radius 1 is 1.57 bits per heavy atom. The van der Waals surface area contributed by atoms with Gasteiger partial charge in [0.2, 0.25) is 6.08 Å². The smallest absolute Gasteiger partial charge is 0.242 e. The Morgan fingerprint density at radius 3 is 3.14 bits per heavy atom. The number of nitrogens with zero attached hydrogens (tertiary/aromatic N) is 2. The summed E-state index contributed by atoms with van der Waals surface area (Å²) in [6.07, 6.45) is 1.48. The van der Waals surface area contributed by atoms with Gasteiger partial charge in [0.15, 0.2) is 5.82 Å². The monoisotopic (exact) mass is 206 g/mol. The number of fused-ring (bicyclic) bond motifs is 1. The number of benzene rings is 1. The van der Waals surface area contributed by atoms with Crippen molar-refractivity contribution in [3.8, 4) is 5.75 Å². The van der Waals surface area contributed by atoms with Gasteiger partial charge in [-0.05, 0) is 29.7 Å². The minimum absolute atomic E-state index is 0.402. The summed E-state index contributed by atoms with van der Waals surface area (Å²) in [5.41, 5.74) is 0. The summed E-state index contributed by atoms with van der Waals surface area (Å²) in [4.78, 5) is 13.6. The number of carbonyl (C=O) groups excluding carboxylic acids is 1. The van der Waals surface area contributed by atoms with Crippen LogP contribution >= 0.6 is 11.5 Å². The van der Waals surface area contributed by atoms with Crippen molar-refractivity contribution < 1.29 is 9.53 Å². The molecule has 2 aromatic rings. The molecule has 0 aliphatic rings. The average Bonchev–Trinajstić information content (AvgIpc) is 2.61. The third-order valence-electron chi connectivity index (χ3n) is 1.81. The fraction of sp³-hybridized carbons (Fsp3) is 0.111. The van der Waals surface area contributed by atoms with Gasteiger partial charge in [0.25, 0.3) is 0 Å². The molecule has 0 saturated carbocycles. The number of methoxy groups -OCH3 is 1. The molecule has 0 radical (unpaired) electrons. The van der Waals surface area contributed by atoms with Crippen LogP contribution in [0.4, 0.5) is 5.82 Å².